The number of hydrogen-bond acceptors (Lipinski definition) is 16. The lowest BCUT2D eigenvalue weighted by Crippen LogP contribution is -2.61. The first-order valence-electron chi connectivity index (χ1n) is 26.4. The highest BCUT2D eigenvalue weighted by Crippen LogP contribution is 2.38. The van der Waals surface area contributed by atoms with Crippen molar-refractivity contribution in [2.75, 3.05) is 41.1 Å². The van der Waals surface area contributed by atoms with Gasteiger partial charge in [-0.3, -0.25) is 24.0 Å². The lowest BCUT2D eigenvalue weighted by Gasteiger charge is -2.42. The van der Waals surface area contributed by atoms with Crippen molar-refractivity contribution in [3.05, 3.63) is 47.6 Å². The van der Waals surface area contributed by atoms with Gasteiger partial charge in [-0.1, -0.05) is 71.1 Å². The molecule has 0 radical (unpaired) electrons. The number of fused-ring (bicyclic) bond motifs is 3. The Bertz CT molecular complexity index is 2010. The van der Waals surface area contributed by atoms with E-state index >= 15 is 0 Å². The van der Waals surface area contributed by atoms with Crippen molar-refractivity contribution >= 4 is 35.2 Å². The maximum atomic E-state index is 14.5. The second-order valence-electron chi connectivity index (χ2n) is 21.8. The number of aliphatic hydroxyl groups is 4. The minimum absolute atomic E-state index is 0.00697. The molecule has 0 spiro atoms. The van der Waals surface area contributed by atoms with Gasteiger partial charge in [0, 0.05) is 58.5 Å². The monoisotopic (exact) mass is 1030 g/mol. The lowest BCUT2D eigenvalue weighted by molar-refractivity contribution is -0.265. The van der Waals surface area contributed by atoms with Gasteiger partial charge in [0.05, 0.1) is 31.5 Å². The van der Waals surface area contributed by atoms with Gasteiger partial charge in [-0.05, 0) is 114 Å². The van der Waals surface area contributed by atoms with Crippen molar-refractivity contribution in [3.63, 3.8) is 0 Å². The Balaban J connectivity index is 1.69. The smallest absolute Gasteiger partial charge is 0.329 e. The van der Waals surface area contributed by atoms with Gasteiger partial charge in [-0.2, -0.15) is 0 Å². The number of hydrogen-bond donors (Lipinski definition) is 4. The number of esters is 2. The van der Waals surface area contributed by atoms with Gasteiger partial charge in [-0.15, -0.1) is 0 Å². The zero-order chi connectivity index (χ0) is 54.4. The van der Waals surface area contributed by atoms with Crippen molar-refractivity contribution in [2.24, 2.45) is 40.9 Å². The molecule has 0 aromatic heterocycles. The molecule has 17 nitrogen and oxygen atoms in total. The SMILES string of the molecule is CO[C@H]1C[C@@H]2CC[C@@H](C)[C@@](O)(O2)C(=O)C(=O)N2CCCC[C@H]2C(=O)O[C@H]([C@@H](C)C[C@@H]2CC[C@@H](OC(=O)C(C)(CO)CO)[C@H](OC)C2)CC(=O)[C@H](C)/C=C(\C)[C@@H](O)[C@@H](OC)C(=O)[C@H](C)C[C@H](C)/C=C/C=CC=C1C. The molecule has 15 atom stereocenters. The fourth-order valence-corrected chi connectivity index (χ4v) is 10.7. The van der Waals surface area contributed by atoms with Gasteiger partial charge in [0.2, 0.25) is 5.79 Å². The van der Waals surface area contributed by atoms with Gasteiger partial charge in [-0.25, -0.2) is 4.79 Å². The Morgan fingerprint density at radius 2 is 1.56 bits per heavy atom. The molecule has 3 fully saturated rings. The van der Waals surface area contributed by atoms with Crippen LogP contribution in [-0.4, -0.2) is 156 Å². The molecule has 4 N–H and O–H groups in total. The zero-order valence-corrected chi connectivity index (χ0v) is 45.3. The summed E-state index contributed by atoms with van der Waals surface area (Å²) in [6.07, 6.45) is 9.76. The van der Waals surface area contributed by atoms with E-state index in [4.69, 9.17) is 28.4 Å². The van der Waals surface area contributed by atoms with E-state index in [0.717, 1.165) is 10.5 Å². The normalized spacial score (nSPS) is 36.3. The van der Waals surface area contributed by atoms with Crippen LogP contribution < -0.4 is 0 Å². The van der Waals surface area contributed by atoms with Crippen LogP contribution in [0.25, 0.3) is 0 Å². The second-order valence-corrected chi connectivity index (χ2v) is 21.8. The minimum atomic E-state index is -2.47. The molecule has 412 valence electrons. The van der Waals surface area contributed by atoms with Crippen molar-refractivity contribution < 1.29 is 77.6 Å². The molecule has 3 heterocycles. The number of amides is 1. The average Bonchev–Trinajstić information content (AvgIpc) is 3.37. The number of piperidine rings is 1. The number of aliphatic hydroxyl groups excluding tert-OH is 3. The van der Waals surface area contributed by atoms with Crippen molar-refractivity contribution in [3.8, 4) is 0 Å². The number of cyclic esters (lactones) is 1. The first-order chi connectivity index (χ1) is 34.5. The van der Waals surface area contributed by atoms with Crippen LogP contribution >= 0.6 is 0 Å². The van der Waals surface area contributed by atoms with Gasteiger partial charge in [0.1, 0.15) is 41.7 Å². The molecule has 4 aliphatic rings. The molecule has 4 rings (SSSR count). The van der Waals surface area contributed by atoms with Crippen LogP contribution in [0.5, 0.6) is 0 Å². The minimum Gasteiger partial charge on any atom is -0.460 e. The number of carbonyl (C=O) groups excluding carboxylic acids is 6. The molecule has 0 aromatic carbocycles. The molecular formula is C56H87NO16. The molecule has 1 saturated carbocycles. The summed E-state index contributed by atoms with van der Waals surface area (Å²) in [7, 11) is 4.43. The molecule has 1 amide bonds. The predicted molar refractivity (Wildman–Crippen MR) is 271 cm³/mol. The van der Waals surface area contributed by atoms with Crippen LogP contribution in [0, 0.1) is 40.9 Å². The first-order valence-corrected chi connectivity index (χ1v) is 26.4. The van der Waals surface area contributed by atoms with Crippen LogP contribution in [0.2, 0.25) is 0 Å². The molecule has 0 aromatic rings. The summed E-state index contributed by atoms with van der Waals surface area (Å²) in [6, 6.07) is -1.20. The van der Waals surface area contributed by atoms with Crippen molar-refractivity contribution in [1.29, 1.82) is 0 Å². The zero-order valence-electron chi connectivity index (χ0n) is 45.3. The Hall–Kier alpha value is -3.94. The summed E-state index contributed by atoms with van der Waals surface area (Å²) >= 11 is 0. The van der Waals surface area contributed by atoms with E-state index in [1.54, 1.807) is 40.9 Å². The molecule has 17 heteroatoms. The van der Waals surface area contributed by atoms with E-state index in [-0.39, 0.29) is 42.8 Å². The van der Waals surface area contributed by atoms with Gasteiger partial charge < -0.3 is 53.7 Å². The average molecular weight is 1030 g/mol. The highest BCUT2D eigenvalue weighted by atomic mass is 16.6. The van der Waals surface area contributed by atoms with E-state index in [0.29, 0.717) is 69.8 Å². The number of Topliss-reactive ketones (excluding diaryl/α,β-unsaturated/α-hetero) is 3. The molecule has 0 unspecified atom stereocenters. The van der Waals surface area contributed by atoms with Crippen LogP contribution in [0.1, 0.15) is 132 Å². The topological polar surface area (TPSA) is 242 Å². The number of ketones is 3. The standard InChI is InChI=1S/C56H87NO16/c1-33-17-13-12-14-18-34(2)45(68-9)29-41-22-20-39(7)56(67,73-41)51(63)52(64)57-24-16-15-19-42(57)53(65)71-46(30-43(60)35(3)26-38(6)49(62)50(70-11)48(61)37(5)25-33)36(4)27-40-21-23-44(47(28-40)69-10)72-54(66)55(8,31-58)32-59/h12-14,17-18,26,33,35-37,39-42,44-47,49-50,58-59,62,67H,15-16,19-25,27-32H2,1-11H3/b14-12?,17-13+,34-18?,38-26+/t33-,35-,36+,37-,39-,40+,41+,42+,44-,45+,46+,47-,49-,50+,56-/m1/s1. The fraction of sp³-hybridized carbons (Fsp3) is 0.750. The Morgan fingerprint density at radius 1 is 0.863 bits per heavy atom. The Labute approximate surface area is 433 Å². The summed E-state index contributed by atoms with van der Waals surface area (Å²) in [5.74, 6) is -9.36. The predicted octanol–water partition coefficient (Wildman–Crippen LogP) is 5.72. The summed E-state index contributed by atoms with van der Waals surface area (Å²) in [6.45, 7) is 12.7. The van der Waals surface area contributed by atoms with Crippen LogP contribution in [0.4, 0.5) is 0 Å². The van der Waals surface area contributed by atoms with Crippen molar-refractivity contribution in [1.82, 2.24) is 4.90 Å². The largest absolute Gasteiger partial charge is 0.460 e. The quantitative estimate of drug-likeness (QED) is 0.116. The summed E-state index contributed by atoms with van der Waals surface area (Å²) < 4.78 is 35.4. The summed E-state index contributed by atoms with van der Waals surface area (Å²) in [5, 5.41) is 43.1. The van der Waals surface area contributed by atoms with Gasteiger partial charge >= 0.3 is 11.9 Å². The number of allylic oxidation sites excluding steroid dienone is 6. The van der Waals surface area contributed by atoms with E-state index in [9.17, 15) is 49.2 Å². The maximum absolute atomic E-state index is 14.5. The van der Waals surface area contributed by atoms with E-state index < -0.39 is 120 Å². The second kappa shape index (κ2) is 28.3. The van der Waals surface area contributed by atoms with E-state index in [1.165, 1.54) is 21.1 Å². The molecule has 3 aliphatic heterocycles. The molecule has 2 saturated heterocycles. The van der Waals surface area contributed by atoms with Crippen molar-refractivity contribution in [2.45, 2.75) is 187 Å². The van der Waals surface area contributed by atoms with E-state index in [1.807, 2.05) is 51.2 Å². The van der Waals surface area contributed by atoms with Crippen LogP contribution in [0.15, 0.2) is 47.6 Å². The number of carbonyl (C=O) groups is 6. The first kappa shape index (κ1) is 61.6. The summed E-state index contributed by atoms with van der Waals surface area (Å²) in [4.78, 5) is 85.4. The van der Waals surface area contributed by atoms with Crippen LogP contribution in [0.3, 0.4) is 0 Å². The van der Waals surface area contributed by atoms with E-state index in [2.05, 4.69) is 0 Å². The van der Waals surface area contributed by atoms with Crippen LogP contribution in [-0.2, 0) is 57.2 Å². The van der Waals surface area contributed by atoms with Gasteiger partial charge in [0.15, 0.2) is 5.78 Å². The maximum Gasteiger partial charge on any atom is 0.329 e. The molecule has 73 heavy (non-hydrogen) atoms. The Morgan fingerprint density at radius 3 is 2.21 bits per heavy atom. The third-order valence-corrected chi connectivity index (χ3v) is 15.9. The lowest BCUT2D eigenvalue weighted by atomic mass is 9.78. The highest BCUT2D eigenvalue weighted by molar-refractivity contribution is 6.39. The number of ether oxygens (including phenoxy) is 6. The summed E-state index contributed by atoms with van der Waals surface area (Å²) in [5.41, 5.74) is -0.277. The third kappa shape index (κ3) is 16.0. The molecule has 2 bridgehead atoms. The number of methoxy groups -OCH3 is 3. The third-order valence-electron chi connectivity index (χ3n) is 15.9. The molecule has 1 aliphatic carbocycles. The molecular weight excluding hydrogens is 943 g/mol. The fourth-order valence-electron chi connectivity index (χ4n) is 10.7. The number of nitrogens with zero attached hydrogens (tertiary/aromatic N) is 1. The van der Waals surface area contributed by atoms with Gasteiger partial charge in [0.25, 0.3) is 11.7 Å². The highest BCUT2D eigenvalue weighted by Gasteiger charge is 2.53. The number of rotatable bonds is 10. The Kier molecular flexibility index (Phi) is 23.9.